The van der Waals surface area contributed by atoms with Gasteiger partial charge in [-0.2, -0.15) is 4.98 Å². The Morgan fingerprint density at radius 1 is 1.44 bits per heavy atom. The van der Waals surface area contributed by atoms with Gasteiger partial charge < -0.3 is 20.5 Å². The molecule has 0 atom stereocenters. The van der Waals surface area contributed by atoms with E-state index in [0.29, 0.717) is 36.6 Å². The minimum atomic E-state index is 0.412. The molecule has 0 aromatic carbocycles. The van der Waals surface area contributed by atoms with Gasteiger partial charge in [-0.05, 0) is 12.8 Å². The highest BCUT2D eigenvalue weighted by Gasteiger charge is 2.23. The SMILES string of the molecule is COCCOc1ncnc(NC2CC2)c1N. The van der Waals surface area contributed by atoms with Gasteiger partial charge in [0.2, 0.25) is 5.88 Å². The van der Waals surface area contributed by atoms with Gasteiger partial charge in [-0.1, -0.05) is 0 Å². The second kappa shape index (κ2) is 4.98. The van der Waals surface area contributed by atoms with Crippen LogP contribution in [0.25, 0.3) is 0 Å². The number of aromatic nitrogens is 2. The van der Waals surface area contributed by atoms with Crippen LogP contribution in [0.1, 0.15) is 12.8 Å². The lowest BCUT2D eigenvalue weighted by atomic mass is 10.4. The third-order valence-electron chi connectivity index (χ3n) is 2.29. The van der Waals surface area contributed by atoms with Crippen molar-refractivity contribution >= 4 is 11.5 Å². The van der Waals surface area contributed by atoms with Crippen molar-refractivity contribution in [2.45, 2.75) is 18.9 Å². The molecule has 0 saturated heterocycles. The van der Waals surface area contributed by atoms with Crippen molar-refractivity contribution in [1.29, 1.82) is 0 Å². The molecule has 3 N–H and O–H groups in total. The van der Waals surface area contributed by atoms with E-state index >= 15 is 0 Å². The molecule has 0 aliphatic heterocycles. The van der Waals surface area contributed by atoms with Crippen LogP contribution < -0.4 is 15.8 Å². The zero-order valence-corrected chi connectivity index (χ0v) is 9.27. The first kappa shape index (κ1) is 10.9. The number of nitrogen functional groups attached to an aromatic ring is 1. The van der Waals surface area contributed by atoms with Crippen molar-refractivity contribution in [2.75, 3.05) is 31.4 Å². The van der Waals surface area contributed by atoms with Gasteiger partial charge in [0.15, 0.2) is 5.82 Å². The van der Waals surface area contributed by atoms with Gasteiger partial charge in [0, 0.05) is 13.2 Å². The quantitative estimate of drug-likeness (QED) is 0.691. The van der Waals surface area contributed by atoms with Crippen molar-refractivity contribution in [1.82, 2.24) is 9.97 Å². The van der Waals surface area contributed by atoms with Gasteiger partial charge >= 0.3 is 0 Å². The van der Waals surface area contributed by atoms with Crippen molar-refractivity contribution < 1.29 is 9.47 Å². The molecule has 6 heteroatoms. The Balaban J connectivity index is 1.99. The fourth-order valence-corrected chi connectivity index (χ4v) is 1.25. The van der Waals surface area contributed by atoms with Crippen LogP contribution in [0.2, 0.25) is 0 Å². The second-order valence-corrected chi connectivity index (χ2v) is 3.70. The van der Waals surface area contributed by atoms with Crippen LogP contribution in [0.3, 0.4) is 0 Å². The lowest BCUT2D eigenvalue weighted by Crippen LogP contribution is -2.11. The zero-order chi connectivity index (χ0) is 11.4. The van der Waals surface area contributed by atoms with E-state index in [0.717, 1.165) is 0 Å². The summed E-state index contributed by atoms with van der Waals surface area (Å²) in [7, 11) is 1.62. The maximum atomic E-state index is 5.89. The maximum absolute atomic E-state index is 5.89. The van der Waals surface area contributed by atoms with Gasteiger partial charge in [0.25, 0.3) is 0 Å². The van der Waals surface area contributed by atoms with E-state index in [1.54, 1.807) is 7.11 Å². The van der Waals surface area contributed by atoms with Gasteiger partial charge in [0.05, 0.1) is 6.61 Å². The average Bonchev–Trinajstić information content (AvgIpc) is 3.08. The molecule has 2 rings (SSSR count). The van der Waals surface area contributed by atoms with E-state index in [1.807, 2.05) is 0 Å². The van der Waals surface area contributed by atoms with Crippen LogP contribution in [0, 0.1) is 0 Å². The molecular formula is C10H16N4O2. The van der Waals surface area contributed by atoms with Crippen molar-refractivity contribution in [3.63, 3.8) is 0 Å². The molecule has 1 fully saturated rings. The molecule has 1 aliphatic carbocycles. The van der Waals surface area contributed by atoms with E-state index in [-0.39, 0.29) is 0 Å². The molecule has 1 aromatic heterocycles. The summed E-state index contributed by atoms with van der Waals surface area (Å²) in [5.41, 5.74) is 6.35. The molecule has 6 nitrogen and oxygen atoms in total. The van der Waals surface area contributed by atoms with E-state index < -0.39 is 0 Å². The number of nitrogens with one attached hydrogen (secondary N) is 1. The lowest BCUT2D eigenvalue weighted by Gasteiger charge is -2.10. The van der Waals surface area contributed by atoms with E-state index in [4.69, 9.17) is 15.2 Å². The number of nitrogens with zero attached hydrogens (tertiary/aromatic N) is 2. The Kier molecular flexibility index (Phi) is 3.40. The summed E-state index contributed by atoms with van der Waals surface area (Å²) < 4.78 is 10.3. The summed E-state index contributed by atoms with van der Waals surface area (Å²) in [6.07, 6.45) is 3.79. The minimum absolute atomic E-state index is 0.412. The Morgan fingerprint density at radius 3 is 2.94 bits per heavy atom. The Bertz CT molecular complexity index is 355. The number of methoxy groups -OCH3 is 1. The van der Waals surface area contributed by atoms with E-state index in [1.165, 1.54) is 19.2 Å². The number of nitrogens with two attached hydrogens (primary N) is 1. The average molecular weight is 224 g/mol. The summed E-state index contributed by atoms with van der Waals surface area (Å²) in [5, 5.41) is 3.23. The molecule has 1 saturated carbocycles. The summed E-state index contributed by atoms with van der Waals surface area (Å²) in [6.45, 7) is 0.940. The Hall–Kier alpha value is -1.56. The predicted octanol–water partition coefficient (Wildman–Crippen LogP) is 0.658. The topological polar surface area (TPSA) is 82.3 Å². The molecule has 0 amide bonds. The lowest BCUT2D eigenvalue weighted by molar-refractivity contribution is 0.144. The molecule has 0 unspecified atom stereocenters. The minimum Gasteiger partial charge on any atom is -0.474 e. The van der Waals surface area contributed by atoms with Gasteiger partial charge in [-0.3, -0.25) is 0 Å². The zero-order valence-electron chi connectivity index (χ0n) is 9.27. The molecule has 0 spiro atoms. The fourth-order valence-electron chi connectivity index (χ4n) is 1.25. The summed E-state index contributed by atoms with van der Waals surface area (Å²) in [5.74, 6) is 1.07. The van der Waals surface area contributed by atoms with E-state index in [9.17, 15) is 0 Å². The molecule has 1 aliphatic rings. The predicted molar refractivity (Wildman–Crippen MR) is 60.5 cm³/mol. The van der Waals surface area contributed by atoms with Crippen LogP contribution >= 0.6 is 0 Å². The second-order valence-electron chi connectivity index (χ2n) is 3.70. The Morgan fingerprint density at radius 2 is 2.25 bits per heavy atom. The molecule has 0 radical (unpaired) electrons. The molecule has 16 heavy (non-hydrogen) atoms. The number of anilines is 2. The number of hydrogen-bond donors (Lipinski definition) is 2. The molecule has 1 heterocycles. The van der Waals surface area contributed by atoms with E-state index in [2.05, 4.69) is 15.3 Å². The number of ether oxygens (including phenoxy) is 2. The van der Waals surface area contributed by atoms with Crippen molar-refractivity contribution in [3.05, 3.63) is 6.33 Å². The number of hydrogen-bond acceptors (Lipinski definition) is 6. The molecule has 0 bridgehead atoms. The molecule has 88 valence electrons. The highest BCUT2D eigenvalue weighted by atomic mass is 16.5. The van der Waals surface area contributed by atoms with Crippen molar-refractivity contribution in [2.24, 2.45) is 0 Å². The Labute approximate surface area is 94.2 Å². The van der Waals surface area contributed by atoms with Gasteiger partial charge in [-0.25, -0.2) is 4.98 Å². The third kappa shape index (κ3) is 2.73. The molecular weight excluding hydrogens is 208 g/mol. The van der Waals surface area contributed by atoms with Gasteiger partial charge in [-0.15, -0.1) is 0 Å². The third-order valence-corrected chi connectivity index (χ3v) is 2.29. The van der Waals surface area contributed by atoms with Crippen LogP contribution in [0.4, 0.5) is 11.5 Å². The standard InChI is InChI=1S/C10H16N4O2/c1-15-4-5-16-10-8(11)9(12-6-13-10)14-7-2-3-7/h6-7H,2-5,11H2,1H3,(H,12,13,14). The van der Waals surface area contributed by atoms with Crippen LogP contribution in [0.5, 0.6) is 5.88 Å². The fraction of sp³-hybridized carbons (Fsp3) is 0.600. The van der Waals surface area contributed by atoms with Crippen LogP contribution in [-0.2, 0) is 4.74 Å². The normalized spacial score (nSPS) is 14.8. The summed E-state index contributed by atoms with van der Waals surface area (Å²) in [4.78, 5) is 8.07. The smallest absolute Gasteiger partial charge is 0.242 e. The summed E-state index contributed by atoms with van der Waals surface area (Å²) in [6, 6.07) is 0.504. The first-order valence-electron chi connectivity index (χ1n) is 5.30. The highest BCUT2D eigenvalue weighted by Crippen LogP contribution is 2.30. The maximum Gasteiger partial charge on any atom is 0.242 e. The number of rotatable bonds is 6. The van der Waals surface area contributed by atoms with Gasteiger partial charge in [0.1, 0.15) is 18.6 Å². The monoisotopic (exact) mass is 224 g/mol. The molecule has 1 aromatic rings. The highest BCUT2D eigenvalue weighted by molar-refractivity contribution is 5.66. The van der Waals surface area contributed by atoms with Crippen LogP contribution in [0.15, 0.2) is 6.33 Å². The van der Waals surface area contributed by atoms with Crippen LogP contribution in [-0.4, -0.2) is 36.3 Å². The van der Waals surface area contributed by atoms with Crippen molar-refractivity contribution in [3.8, 4) is 5.88 Å². The largest absolute Gasteiger partial charge is 0.474 e. The summed E-state index contributed by atoms with van der Waals surface area (Å²) >= 11 is 0. The first-order valence-corrected chi connectivity index (χ1v) is 5.30. The first-order chi connectivity index (χ1) is 7.81.